The van der Waals surface area contributed by atoms with Gasteiger partial charge in [0.2, 0.25) is 5.75 Å². The lowest BCUT2D eigenvalue weighted by molar-refractivity contribution is -0.385. The fourth-order valence-electron chi connectivity index (χ4n) is 2.25. The Labute approximate surface area is 151 Å². The molecular weight excluding hydrogens is 362 g/mol. The van der Waals surface area contributed by atoms with Crippen molar-refractivity contribution in [3.63, 3.8) is 0 Å². The highest BCUT2D eigenvalue weighted by Crippen LogP contribution is 2.35. The molecule has 0 radical (unpaired) electrons. The number of aromatic carboxylic acids is 2. The molecule has 0 atom stereocenters. The highest BCUT2D eigenvalue weighted by Gasteiger charge is 2.23. The normalized spacial score (nSPS) is 10.1. The van der Waals surface area contributed by atoms with E-state index < -0.39 is 28.5 Å². The maximum atomic E-state index is 11.5. The van der Waals surface area contributed by atoms with E-state index in [1.807, 2.05) is 0 Å². The second-order valence-corrected chi connectivity index (χ2v) is 5.29. The largest absolute Gasteiger partial charge is 0.478 e. The number of rotatable bonds is 6. The first-order chi connectivity index (χ1) is 12.6. The first-order valence-corrected chi connectivity index (χ1v) is 7.31. The fraction of sp³-hybridized carbons (Fsp3) is 0.118. The summed E-state index contributed by atoms with van der Waals surface area (Å²) in [6.45, 7) is 1.37. The molecule has 2 N–H and O–H groups in total. The Morgan fingerprint density at radius 2 is 1.67 bits per heavy atom. The molecule has 0 spiro atoms. The molecule has 0 bridgehead atoms. The average Bonchev–Trinajstić information content (AvgIpc) is 2.62. The van der Waals surface area contributed by atoms with Gasteiger partial charge in [-0.25, -0.2) is 14.4 Å². The molecule has 0 heterocycles. The lowest BCUT2D eigenvalue weighted by atomic mass is 10.0. The monoisotopic (exact) mass is 375 g/mol. The highest BCUT2D eigenvalue weighted by atomic mass is 16.6. The van der Waals surface area contributed by atoms with E-state index in [0.29, 0.717) is 0 Å². The van der Waals surface area contributed by atoms with Gasteiger partial charge in [-0.2, -0.15) is 0 Å². The molecule has 10 nitrogen and oxygen atoms in total. The quantitative estimate of drug-likeness (QED) is 0.440. The summed E-state index contributed by atoms with van der Waals surface area (Å²) < 4.78 is 9.93. The Morgan fingerprint density at radius 3 is 2.19 bits per heavy atom. The molecule has 2 aromatic rings. The molecule has 0 aliphatic heterocycles. The van der Waals surface area contributed by atoms with Crippen molar-refractivity contribution in [1.82, 2.24) is 0 Å². The molecule has 2 rings (SSSR count). The number of nitro benzene ring substituents is 1. The van der Waals surface area contributed by atoms with Crippen LogP contribution >= 0.6 is 0 Å². The molecule has 0 amide bonds. The first-order valence-electron chi connectivity index (χ1n) is 7.31. The number of carbonyl (C=O) groups excluding carboxylic acids is 1. The van der Waals surface area contributed by atoms with Gasteiger partial charge in [0.15, 0.2) is 0 Å². The minimum Gasteiger partial charge on any atom is -0.478 e. The van der Waals surface area contributed by atoms with Crippen LogP contribution in [0.2, 0.25) is 0 Å². The molecule has 140 valence electrons. The number of nitro groups is 1. The third-order valence-electron chi connectivity index (χ3n) is 3.63. The van der Waals surface area contributed by atoms with Crippen LogP contribution in [0.15, 0.2) is 30.3 Å². The zero-order chi connectivity index (χ0) is 20.3. The van der Waals surface area contributed by atoms with Crippen molar-refractivity contribution in [2.75, 3.05) is 7.11 Å². The van der Waals surface area contributed by atoms with E-state index in [1.165, 1.54) is 13.0 Å². The second-order valence-electron chi connectivity index (χ2n) is 5.29. The molecule has 0 aliphatic carbocycles. The standard InChI is InChI=1S/C17H13NO9/c1-8-11(16(21)22)5-10(15(19)20)7-14(8)27-13-4-3-9(17(23)26-2)6-12(13)18(24)25/h3-7H,1-2H3,(H,19,20)(H,21,22). The summed E-state index contributed by atoms with van der Waals surface area (Å²) >= 11 is 0. The number of methoxy groups -OCH3 is 1. The van der Waals surface area contributed by atoms with Crippen molar-refractivity contribution in [3.8, 4) is 11.5 Å². The number of esters is 1. The lowest BCUT2D eigenvalue weighted by Crippen LogP contribution is -2.07. The van der Waals surface area contributed by atoms with Crippen molar-refractivity contribution in [1.29, 1.82) is 0 Å². The zero-order valence-corrected chi connectivity index (χ0v) is 14.1. The van der Waals surface area contributed by atoms with Crippen LogP contribution in [0.5, 0.6) is 11.5 Å². The van der Waals surface area contributed by atoms with Crippen molar-refractivity contribution in [2.24, 2.45) is 0 Å². The van der Waals surface area contributed by atoms with Crippen LogP contribution < -0.4 is 4.74 Å². The Hall–Kier alpha value is -3.95. The van der Waals surface area contributed by atoms with E-state index in [9.17, 15) is 29.6 Å². The van der Waals surface area contributed by atoms with E-state index in [4.69, 9.17) is 9.84 Å². The summed E-state index contributed by atoms with van der Waals surface area (Å²) in [5, 5.41) is 29.6. The van der Waals surface area contributed by atoms with Gasteiger partial charge in [0.25, 0.3) is 0 Å². The molecule has 0 unspecified atom stereocenters. The fourth-order valence-corrected chi connectivity index (χ4v) is 2.25. The minimum atomic E-state index is -1.39. The summed E-state index contributed by atoms with van der Waals surface area (Å²) in [6, 6.07) is 5.32. The number of carboxylic acids is 2. The van der Waals surface area contributed by atoms with E-state index in [1.54, 1.807) is 0 Å². The van der Waals surface area contributed by atoms with Gasteiger partial charge in [-0.15, -0.1) is 0 Å². The zero-order valence-electron chi connectivity index (χ0n) is 14.1. The van der Waals surface area contributed by atoms with Crippen molar-refractivity contribution < 1.29 is 39.0 Å². The first kappa shape index (κ1) is 19.4. The number of hydrogen-bond acceptors (Lipinski definition) is 7. The number of carboxylic acid groups (broad SMARTS) is 2. The summed E-state index contributed by atoms with van der Waals surface area (Å²) in [5.74, 6) is -4.04. The van der Waals surface area contributed by atoms with Crippen LogP contribution in [0.1, 0.15) is 36.6 Å². The predicted molar refractivity (Wildman–Crippen MR) is 89.6 cm³/mol. The van der Waals surface area contributed by atoms with Crippen molar-refractivity contribution in [3.05, 3.63) is 62.7 Å². The molecular formula is C17H13NO9. The maximum Gasteiger partial charge on any atom is 0.338 e. The van der Waals surface area contributed by atoms with Crippen molar-refractivity contribution >= 4 is 23.6 Å². The summed E-state index contributed by atoms with van der Waals surface area (Å²) in [5.41, 5.74) is -1.26. The summed E-state index contributed by atoms with van der Waals surface area (Å²) in [6.07, 6.45) is 0. The van der Waals surface area contributed by atoms with Gasteiger partial charge >= 0.3 is 23.6 Å². The Balaban J connectivity index is 2.59. The number of benzene rings is 2. The van der Waals surface area contributed by atoms with Gasteiger partial charge in [-0.3, -0.25) is 10.1 Å². The van der Waals surface area contributed by atoms with Gasteiger partial charge in [0.05, 0.1) is 28.7 Å². The van der Waals surface area contributed by atoms with Crippen LogP contribution in [0.25, 0.3) is 0 Å². The molecule has 0 aliphatic rings. The van der Waals surface area contributed by atoms with Gasteiger partial charge in [-0.1, -0.05) is 0 Å². The molecule has 10 heteroatoms. The van der Waals surface area contributed by atoms with Gasteiger partial charge in [0, 0.05) is 11.6 Å². The lowest BCUT2D eigenvalue weighted by Gasteiger charge is -2.12. The van der Waals surface area contributed by atoms with E-state index in [-0.39, 0.29) is 33.8 Å². The van der Waals surface area contributed by atoms with Crippen LogP contribution in [0.4, 0.5) is 5.69 Å². The SMILES string of the molecule is COC(=O)c1ccc(Oc2cc(C(=O)O)cc(C(=O)O)c2C)c([N+](=O)[O-])c1. The summed E-state index contributed by atoms with van der Waals surface area (Å²) in [7, 11) is 1.12. The Bertz CT molecular complexity index is 965. The smallest absolute Gasteiger partial charge is 0.338 e. The number of hydrogen-bond donors (Lipinski definition) is 2. The Morgan fingerprint density at radius 1 is 1.00 bits per heavy atom. The second kappa shape index (κ2) is 7.52. The molecule has 0 aromatic heterocycles. The highest BCUT2D eigenvalue weighted by molar-refractivity contribution is 5.96. The Kier molecular flexibility index (Phi) is 5.40. The van der Waals surface area contributed by atoms with E-state index in [0.717, 1.165) is 31.4 Å². The van der Waals surface area contributed by atoms with Crippen molar-refractivity contribution in [2.45, 2.75) is 6.92 Å². The van der Waals surface area contributed by atoms with E-state index >= 15 is 0 Å². The van der Waals surface area contributed by atoms with E-state index in [2.05, 4.69) is 4.74 Å². The van der Waals surface area contributed by atoms with Crippen LogP contribution in [-0.2, 0) is 4.74 Å². The number of carbonyl (C=O) groups is 3. The number of ether oxygens (including phenoxy) is 2. The third kappa shape index (κ3) is 4.00. The number of nitrogens with zero attached hydrogens (tertiary/aromatic N) is 1. The van der Waals surface area contributed by atoms with Crippen LogP contribution in [0.3, 0.4) is 0 Å². The molecule has 2 aromatic carbocycles. The summed E-state index contributed by atoms with van der Waals surface area (Å²) in [4.78, 5) is 44.6. The predicted octanol–water partition coefficient (Wildman–Crippen LogP) is 2.88. The maximum absolute atomic E-state index is 11.5. The van der Waals surface area contributed by atoms with Gasteiger partial charge < -0.3 is 19.7 Å². The topological polar surface area (TPSA) is 153 Å². The molecule has 27 heavy (non-hydrogen) atoms. The molecule has 0 fully saturated rings. The van der Waals surface area contributed by atoms with Gasteiger partial charge in [-0.05, 0) is 31.2 Å². The minimum absolute atomic E-state index is 0.0823. The molecule has 0 saturated heterocycles. The van der Waals surface area contributed by atoms with Crippen LogP contribution in [-0.4, -0.2) is 40.2 Å². The molecule has 0 saturated carbocycles. The average molecular weight is 375 g/mol. The third-order valence-corrected chi connectivity index (χ3v) is 3.63. The van der Waals surface area contributed by atoms with Crippen LogP contribution in [0, 0.1) is 17.0 Å². The van der Waals surface area contributed by atoms with Gasteiger partial charge in [0.1, 0.15) is 5.75 Å².